The average molecular weight is 222 g/mol. The van der Waals surface area contributed by atoms with E-state index in [1.807, 2.05) is 12.4 Å². The van der Waals surface area contributed by atoms with Gasteiger partial charge in [-0.25, -0.2) is 0 Å². The van der Waals surface area contributed by atoms with E-state index in [-0.39, 0.29) is 7.43 Å². The van der Waals surface area contributed by atoms with E-state index in [4.69, 9.17) is 0 Å². The van der Waals surface area contributed by atoms with Gasteiger partial charge in [0.25, 0.3) is 0 Å². The van der Waals surface area contributed by atoms with Crippen molar-refractivity contribution in [2.24, 2.45) is 5.41 Å². The highest BCUT2D eigenvalue weighted by Gasteiger charge is 2.15. The molecule has 0 unspecified atom stereocenters. The molecular formula is C14H26N2. The molecule has 0 saturated heterocycles. The topological polar surface area (TPSA) is 16.1 Å². The van der Waals surface area contributed by atoms with Crippen molar-refractivity contribution in [3.8, 4) is 0 Å². The molecule has 1 aromatic rings. The summed E-state index contributed by atoms with van der Waals surface area (Å²) in [5.41, 5.74) is 1.71. The van der Waals surface area contributed by atoms with Crippen LogP contribution in [0.5, 0.6) is 0 Å². The molecule has 0 aliphatic carbocycles. The van der Waals surface area contributed by atoms with Crippen LogP contribution in [0.25, 0.3) is 0 Å². The van der Waals surface area contributed by atoms with E-state index in [0.717, 1.165) is 19.6 Å². The summed E-state index contributed by atoms with van der Waals surface area (Å²) in [6.07, 6.45) is 3.72. The Morgan fingerprint density at radius 3 is 2.19 bits per heavy atom. The van der Waals surface area contributed by atoms with Gasteiger partial charge in [-0.05, 0) is 29.7 Å². The van der Waals surface area contributed by atoms with Gasteiger partial charge in [-0.15, -0.1) is 0 Å². The Hall–Kier alpha value is -0.890. The average Bonchev–Trinajstić information content (AvgIpc) is 2.16. The standard InChI is InChI=1S/C13H22N2.CH4/c1-5-15(11-13(2,3)4)10-12-6-8-14-9-7-12;/h6-9H,5,10-11H2,1-4H3;1H4. The minimum absolute atomic E-state index is 0. The van der Waals surface area contributed by atoms with Crippen LogP contribution in [-0.2, 0) is 6.54 Å². The van der Waals surface area contributed by atoms with E-state index >= 15 is 0 Å². The number of hydrogen-bond donors (Lipinski definition) is 0. The minimum Gasteiger partial charge on any atom is -0.299 e. The third-order valence-electron chi connectivity index (χ3n) is 2.30. The summed E-state index contributed by atoms with van der Waals surface area (Å²) >= 11 is 0. The predicted molar refractivity (Wildman–Crippen MR) is 71.4 cm³/mol. The molecule has 0 aliphatic heterocycles. The van der Waals surface area contributed by atoms with Gasteiger partial charge in [0.15, 0.2) is 0 Å². The number of nitrogens with zero attached hydrogens (tertiary/aromatic N) is 2. The van der Waals surface area contributed by atoms with Crippen molar-refractivity contribution < 1.29 is 0 Å². The molecule has 16 heavy (non-hydrogen) atoms. The van der Waals surface area contributed by atoms with Crippen LogP contribution >= 0.6 is 0 Å². The quantitative estimate of drug-likeness (QED) is 0.774. The monoisotopic (exact) mass is 222 g/mol. The van der Waals surface area contributed by atoms with Gasteiger partial charge in [-0.1, -0.05) is 35.1 Å². The molecule has 0 N–H and O–H groups in total. The second-order valence-corrected chi connectivity index (χ2v) is 5.22. The first-order valence-corrected chi connectivity index (χ1v) is 5.62. The molecule has 0 spiro atoms. The Labute approximate surface area is 101 Å². The lowest BCUT2D eigenvalue weighted by molar-refractivity contribution is 0.192. The molecule has 1 rings (SSSR count). The molecule has 0 saturated carbocycles. The molecule has 2 heteroatoms. The third kappa shape index (κ3) is 5.86. The largest absolute Gasteiger partial charge is 0.299 e. The van der Waals surface area contributed by atoms with E-state index in [1.165, 1.54) is 5.56 Å². The third-order valence-corrected chi connectivity index (χ3v) is 2.30. The van der Waals surface area contributed by atoms with Gasteiger partial charge in [0.1, 0.15) is 0 Å². The second kappa shape index (κ2) is 6.64. The fourth-order valence-corrected chi connectivity index (χ4v) is 1.70. The van der Waals surface area contributed by atoms with Gasteiger partial charge in [0.2, 0.25) is 0 Å². The fourth-order valence-electron chi connectivity index (χ4n) is 1.70. The van der Waals surface area contributed by atoms with Crippen LogP contribution in [0.1, 0.15) is 40.7 Å². The number of aromatic nitrogens is 1. The first-order chi connectivity index (χ1) is 7.01. The predicted octanol–water partition coefficient (Wildman–Crippen LogP) is 3.59. The molecule has 2 nitrogen and oxygen atoms in total. The zero-order valence-corrected chi connectivity index (χ0v) is 10.3. The van der Waals surface area contributed by atoms with Crippen LogP contribution in [0.4, 0.5) is 0 Å². The molecule has 0 bridgehead atoms. The van der Waals surface area contributed by atoms with Crippen LogP contribution in [0.15, 0.2) is 24.5 Å². The van der Waals surface area contributed by atoms with Crippen molar-refractivity contribution in [1.29, 1.82) is 0 Å². The van der Waals surface area contributed by atoms with Gasteiger partial charge in [0.05, 0.1) is 0 Å². The van der Waals surface area contributed by atoms with Crippen molar-refractivity contribution in [2.45, 2.75) is 41.7 Å². The molecule has 0 radical (unpaired) electrons. The number of rotatable bonds is 4. The Kier molecular flexibility index (Phi) is 6.27. The molecule has 0 aromatic carbocycles. The molecule has 0 atom stereocenters. The molecule has 0 aliphatic rings. The van der Waals surface area contributed by atoms with Gasteiger partial charge >= 0.3 is 0 Å². The van der Waals surface area contributed by atoms with Crippen molar-refractivity contribution in [1.82, 2.24) is 9.88 Å². The van der Waals surface area contributed by atoms with Crippen LogP contribution in [0.3, 0.4) is 0 Å². The van der Waals surface area contributed by atoms with E-state index < -0.39 is 0 Å². The molecule has 0 amide bonds. The van der Waals surface area contributed by atoms with Crippen molar-refractivity contribution in [3.63, 3.8) is 0 Å². The summed E-state index contributed by atoms with van der Waals surface area (Å²) in [5.74, 6) is 0. The Bertz CT molecular complexity index is 275. The summed E-state index contributed by atoms with van der Waals surface area (Å²) in [6, 6.07) is 4.18. The van der Waals surface area contributed by atoms with E-state index in [1.54, 1.807) is 0 Å². The second-order valence-electron chi connectivity index (χ2n) is 5.22. The zero-order valence-electron chi connectivity index (χ0n) is 10.3. The smallest absolute Gasteiger partial charge is 0.0271 e. The maximum absolute atomic E-state index is 4.03. The number of hydrogen-bond acceptors (Lipinski definition) is 2. The van der Waals surface area contributed by atoms with E-state index in [0.29, 0.717) is 5.41 Å². The highest BCUT2D eigenvalue weighted by atomic mass is 15.1. The van der Waals surface area contributed by atoms with Crippen molar-refractivity contribution in [2.75, 3.05) is 13.1 Å². The van der Waals surface area contributed by atoms with Crippen LogP contribution in [-0.4, -0.2) is 23.0 Å². The Morgan fingerprint density at radius 2 is 1.75 bits per heavy atom. The first kappa shape index (κ1) is 15.1. The SMILES string of the molecule is C.CCN(Cc1ccncc1)CC(C)(C)C. The highest BCUT2D eigenvalue weighted by Crippen LogP contribution is 2.16. The zero-order chi connectivity index (χ0) is 11.3. The van der Waals surface area contributed by atoms with Crippen LogP contribution < -0.4 is 0 Å². The highest BCUT2D eigenvalue weighted by molar-refractivity contribution is 5.09. The molecular weight excluding hydrogens is 196 g/mol. The normalized spacial score (nSPS) is 11.3. The summed E-state index contributed by atoms with van der Waals surface area (Å²) in [5, 5.41) is 0. The summed E-state index contributed by atoms with van der Waals surface area (Å²) < 4.78 is 0. The molecule has 1 heterocycles. The number of pyridine rings is 1. The summed E-state index contributed by atoms with van der Waals surface area (Å²) in [7, 11) is 0. The lowest BCUT2D eigenvalue weighted by atomic mass is 9.96. The fraction of sp³-hybridized carbons (Fsp3) is 0.643. The van der Waals surface area contributed by atoms with Crippen molar-refractivity contribution >= 4 is 0 Å². The van der Waals surface area contributed by atoms with Gasteiger partial charge < -0.3 is 0 Å². The maximum Gasteiger partial charge on any atom is 0.0271 e. The van der Waals surface area contributed by atoms with Crippen molar-refractivity contribution in [3.05, 3.63) is 30.1 Å². The maximum atomic E-state index is 4.03. The Balaban J connectivity index is 0.00000225. The Morgan fingerprint density at radius 1 is 1.19 bits per heavy atom. The molecule has 92 valence electrons. The van der Waals surface area contributed by atoms with E-state index in [2.05, 4.69) is 49.7 Å². The first-order valence-electron chi connectivity index (χ1n) is 5.62. The van der Waals surface area contributed by atoms with Gasteiger partial charge in [-0.3, -0.25) is 9.88 Å². The lowest BCUT2D eigenvalue weighted by Gasteiger charge is -2.28. The molecule has 1 aromatic heterocycles. The van der Waals surface area contributed by atoms with Gasteiger partial charge in [0, 0.05) is 25.5 Å². The van der Waals surface area contributed by atoms with Crippen LogP contribution in [0, 0.1) is 5.41 Å². The van der Waals surface area contributed by atoms with E-state index in [9.17, 15) is 0 Å². The molecule has 0 fully saturated rings. The minimum atomic E-state index is 0. The van der Waals surface area contributed by atoms with Crippen LogP contribution in [0.2, 0.25) is 0 Å². The van der Waals surface area contributed by atoms with Gasteiger partial charge in [-0.2, -0.15) is 0 Å². The lowest BCUT2D eigenvalue weighted by Crippen LogP contribution is -2.32. The summed E-state index contributed by atoms with van der Waals surface area (Å²) in [4.78, 5) is 6.50. The summed E-state index contributed by atoms with van der Waals surface area (Å²) in [6.45, 7) is 12.3.